The van der Waals surface area contributed by atoms with Crippen LogP contribution in [0.25, 0.3) is 0 Å². The minimum atomic E-state index is 0.183. The number of aliphatic hydroxyl groups excluding tert-OH is 1. The van der Waals surface area contributed by atoms with Crippen molar-refractivity contribution in [3.63, 3.8) is 0 Å². The highest BCUT2D eigenvalue weighted by Gasteiger charge is 1.83. The van der Waals surface area contributed by atoms with Crippen LogP contribution in [-0.4, -0.2) is 16.1 Å². The molecule has 0 saturated heterocycles. The summed E-state index contributed by atoms with van der Waals surface area (Å²) in [4.78, 5) is 0. The molecule has 1 N–H and O–H groups in total. The number of halogens is 1. The van der Waals surface area contributed by atoms with Crippen LogP contribution in [-0.2, 0) is 0 Å². The van der Waals surface area contributed by atoms with Crippen LogP contribution < -0.4 is 0 Å². The summed E-state index contributed by atoms with van der Waals surface area (Å²) < 4.78 is 1.14. The Morgan fingerprint density at radius 2 is 2.38 bits per heavy atom. The molecular formula is C6H11IO. The molecule has 0 spiro atoms. The van der Waals surface area contributed by atoms with Crippen LogP contribution in [0, 0.1) is 0 Å². The van der Waals surface area contributed by atoms with E-state index in [9.17, 15) is 0 Å². The minimum absolute atomic E-state index is 0.183. The first-order chi connectivity index (χ1) is 3.81. The lowest BCUT2D eigenvalue weighted by Crippen LogP contribution is -1.80. The summed E-state index contributed by atoms with van der Waals surface area (Å²) in [6, 6.07) is 0. The summed E-state index contributed by atoms with van der Waals surface area (Å²) in [5.41, 5.74) is 1.28. The van der Waals surface area contributed by atoms with Gasteiger partial charge < -0.3 is 5.11 Å². The van der Waals surface area contributed by atoms with Crippen LogP contribution in [0.5, 0.6) is 0 Å². The Balaban J connectivity index is 3.29. The SMILES string of the molecule is C/C(=C\CO)CCI. The number of aliphatic hydroxyl groups is 1. The standard InChI is InChI=1S/C6H11IO/c1-6(2-4-7)3-5-8/h3,8H,2,4-5H2,1H3/b6-3+. The molecule has 0 aromatic rings. The predicted octanol–water partition coefficient (Wildman–Crippen LogP) is 1.75. The summed E-state index contributed by atoms with van der Waals surface area (Å²) in [5.74, 6) is 0. The van der Waals surface area contributed by atoms with Gasteiger partial charge in [-0.3, -0.25) is 0 Å². The third kappa shape index (κ3) is 4.59. The molecule has 48 valence electrons. The van der Waals surface area contributed by atoms with Crippen molar-refractivity contribution in [1.82, 2.24) is 0 Å². The molecule has 0 aromatic carbocycles. The molecule has 0 aromatic heterocycles. The minimum Gasteiger partial charge on any atom is -0.392 e. The van der Waals surface area contributed by atoms with Crippen LogP contribution >= 0.6 is 22.6 Å². The topological polar surface area (TPSA) is 20.2 Å². The van der Waals surface area contributed by atoms with Gasteiger partial charge in [-0.15, -0.1) is 0 Å². The van der Waals surface area contributed by atoms with Crippen molar-refractivity contribution in [3.05, 3.63) is 11.6 Å². The van der Waals surface area contributed by atoms with Crippen molar-refractivity contribution in [1.29, 1.82) is 0 Å². The molecule has 2 heteroatoms. The van der Waals surface area contributed by atoms with Crippen LogP contribution in [0.15, 0.2) is 11.6 Å². The molecule has 0 unspecified atom stereocenters. The second kappa shape index (κ2) is 5.56. The lowest BCUT2D eigenvalue weighted by Gasteiger charge is -1.92. The summed E-state index contributed by atoms with van der Waals surface area (Å²) in [5, 5.41) is 8.38. The average molecular weight is 226 g/mol. The lowest BCUT2D eigenvalue weighted by atomic mass is 10.2. The molecule has 0 rings (SSSR count). The van der Waals surface area contributed by atoms with E-state index < -0.39 is 0 Å². The molecule has 0 fully saturated rings. The van der Waals surface area contributed by atoms with Gasteiger partial charge in [0.15, 0.2) is 0 Å². The molecule has 0 bridgehead atoms. The van der Waals surface area contributed by atoms with E-state index in [-0.39, 0.29) is 6.61 Å². The smallest absolute Gasteiger partial charge is 0.0614 e. The maximum Gasteiger partial charge on any atom is 0.0614 e. The van der Waals surface area contributed by atoms with E-state index in [1.54, 1.807) is 0 Å². The Kier molecular flexibility index (Phi) is 5.86. The van der Waals surface area contributed by atoms with Gasteiger partial charge in [0, 0.05) is 4.43 Å². The molecule has 0 radical (unpaired) electrons. The zero-order valence-corrected chi connectivity index (χ0v) is 7.18. The fourth-order valence-corrected chi connectivity index (χ4v) is 1.26. The number of allylic oxidation sites excluding steroid dienone is 1. The third-order valence-corrected chi connectivity index (χ3v) is 1.47. The quantitative estimate of drug-likeness (QED) is 0.441. The Morgan fingerprint density at radius 1 is 1.75 bits per heavy atom. The number of alkyl halides is 1. The van der Waals surface area contributed by atoms with E-state index in [1.165, 1.54) is 5.57 Å². The Bertz CT molecular complexity index is 78.6. The van der Waals surface area contributed by atoms with Gasteiger partial charge in [-0.25, -0.2) is 0 Å². The zero-order valence-electron chi connectivity index (χ0n) is 5.02. The van der Waals surface area contributed by atoms with Crippen molar-refractivity contribution in [2.45, 2.75) is 13.3 Å². The molecule has 0 heterocycles. The van der Waals surface area contributed by atoms with Gasteiger partial charge >= 0.3 is 0 Å². The highest BCUT2D eigenvalue weighted by molar-refractivity contribution is 14.1. The van der Waals surface area contributed by atoms with Crippen molar-refractivity contribution in [2.75, 3.05) is 11.0 Å². The second-order valence-corrected chi connectivity index (χ2v) is 2.75. The highest BCUT2D eigenvalue weighted by atomic mass is 127. The largest absolute Gasteiger partial charge is 0.392 e. The van der Waals surface area contributed by atoms with Crippen molar-refractivity contribution >= 4 is 22.6 Å². The molecule has 0 saturated carbocycles. The normalized spacial score (nSPS) is 12.1. The molecule has 8 heavy (non-hydrogen) atoms. The van der Waals surface area contributed by atoms with Crippen molar-refractivity contribution < 1.29 is 5.11 Å². The van der Waals surface area contributed by atoms with E-state index in [1.807, 2.05) is 13.0 Å². The fourth-order valence-electron chi connectivity index (χ4n) is 0.407. The number of hydrogen-bond acceptors (Lipinski definition) is 1. The van der Waals surface area contributed by atoms with Crippen LogP contribution in [0.1, 0.15) is 13.3 Å². The Hall–Kier alpha value is 0.430. The first kappa shape index (κ1) is 8.43. The van der Waals surface area contributed by atoms with E-state index in [0.29, 0.717) is 0 Å². The van der Waals surface area contributed by atoms with Gasteiger partial charge in [0.05, 0.1) is 6.61 Å². The molecule has 1 nitrogen and oxygen atoms in total. The molecular weight excluding hydrogens is 215 g/mol. The second-order valence-electron chi connectivity index (χ2n) is 1.67. The van der Waals surface area contributed by atoms with E-state index in [4.69, 9.17) is 5.11 Å². The van der Waals surface area contributed by atoms with E-state index >= 15 is 0 Å². The first-order valence-corrected chi connectivity index (χ1v) is 4.16. The molecule has 0 aliphatic heterocycles. The maximum atomic E-state index is 8.38. The van der Waals surface area contributed by atoms with Crippen LogP contribution in [0.4, 0.5) is 0 Å². The van der Waals surface area contributed by atoms with Gasteiger partial charge in [-0.05, 0) is 13.3 Å². The van der Waals surface area contributed by atoms with E-state index in [2.05, 4.69) is 22.6 Å². The highest BCUT2D eigenvalue weighted by Crippen LogP contribution is 2.00. The fraction of sp³-hybridized carbons (Fsp3) is 0.667. The Morgan fingerprint density at radius 3 is 2.75 bits per heavy atom. The van der Waals surface area contributed by atoms with Crippen LogP contribution in [0.2, 0.25) is 0 Å². The van der Waals surface area contributed by atoms with Gasteiger partial charge in [0.1, 0.15) is 0 Å². The summed E-state index contributed by atoms with van der Waals surface area (Å²) in [7, 11) is 0. The van der Waals surface area contributed by atoms with Gasteiger partial charge in [0.2, 0.25) is 0 Å². The van der Waals surface area contributed by atoms with E-state index in [0.717, 1.165) is 10.8 Å². The molecule has 0 aliphatic carbocycles. The average Bonchev–Trinajstić information content (AvgIpc) is 1.68. The predicted molar refractivity (Wildman–Crippen MR) is 44.3 cm³/mol. The first-order valence-electron chi connectivity index (χ1n) is 2.63. The Labute approximate surface area is 63.9 Å². The maximum absolute atomic E-state index is 8.38. The summed E-state index contributed by atoms with van der Waals surface area (Å²) in [6.45, 7) is 2.22. The molecule has 0 aliphatic rings. The lowest BCUT2D eigenvalue weighted by molar-refractivity contribution is 0.341. The van der Waals surface area contributed by atoms with Crippen molar-refractivity contribution in [3.8, 4) is 0 Å². The van der Waals surface area contributed by atoms with Gasteiger partial charge in [0.25, 0.3) is 0 Å². The van der Waals surface area contributed by atoms with Gasteiger partial charge in [-0.2, -0.15) is 0 Å². The molecule has 0 atom stereocenters. The monoisotopic (exact) mass is 226 g/mol. The summed E-state index contributed by atoms with van der Waals surface area (Å²) in [6.07, 6.45) is 2.94. The van der Waals surface area contributed by atoms with Gasteiger partial charge in [-0.1, -0.05) is 34.2 Å². The number of rotatable bonds is 3. The molecule has 0 amide bonds. The van der Waals surface area contributed by atoms with Crippen LogP contribution in [0.3, 0.4) is 0 Å². The third-order valence-electron chi connectivity index (χ3n) is 0.929. The zero-order chi connectivity index (χ0) is 6.41. The summed E-state index contributed by atoms with van der Waals surface area (Å²) >= 11 is 2.32. The number of hydrogen-bond donors (Lipinski definition) is 1. The van der Waals surface area contributed by atoms with Crippen molar-refractivity contribution in [2.24, 2.45) is 0 Å².